The molecule has 3 saturated heterocycles. The molecule has 3 aliphatic heterocycles. The zero-order chi connectivity index (χ0) is 18.9. The lowest BCUT2D eigenvalue weighted by Gasteiger charge is -2.62. The van der Waals surface area contributed by atoms with E-state index in [1.165, 1.54) is 58.2 Å². The summed E-state index contributed by atoms with van der Waals surface area (Å²) < 4.78 is 15.5. The van der Waals surface area contributed by atoms with Crippen molar-refractivity contribution in [3.63, 3.8) is 0 Å². The minimum Gasteiger partial charge on any atom is -0.303 e. The first-order valence-corrected chi connectivity index (χ1v) is 11.7. The zero-order valence-electron chi connectivity index (χ0n) is 17.9. The number of nitrogens with zero attached hydrogens (tertiary/aromatic N) is 3. The van der Waals surface area contributed by atoms with Gasteiger partial charge in [0, 0.05) is 44.3 Å². The number of hydrogen-bond acceptors (Lipinski definition) is 3. The van der Waals surface area contributed by atoms with Crippen LogP contribution in [0.3, 0.4) is 0 Å². The second kappa shape index (κ2) is 6.40. The summed E-state index contributed by atoms with van der Waals surface area (Å²) in [7, 11) is 0. The van der Waals surface area contributed by atoms with E-state index in [0.717, 1.165) is 32.5 Å². The van der Waals surface area contributed by atoms with E-state index in [-0.39, 0.29) is 0 Å². The van der Waals surface area contributed by atoms with Crippen molar-refractivity contribution in [3.8, 4) is 0 Å². The highest BCUT2D eigenvalue weighted by Crippen LogP contribution is 2.58. The average Bonchev–Trinajstić information content (AvgIpc) is 3.41. The Bertz CT molecular complexity index is 544. The molecule has 2 atom stereocenters. The second-order valence-corrected chi connectivity index (χ2v) is 11.4. The van der Waals surface area contributed by atoms with Gasteiger partial charge in [-0.2, -0.15) is 0 Å². The largest absolute Gasteiger partial charge is 0.303 e. The highest BCUT2D eigenvalue weighted by atomic mass is 19.1. The third-order valence-electron chi connectivity index (χ3n) is 9.14. The first-order valence-electron chi connectivity index (χ1n) is 11.7. The van der Waals surface area contributed by atoms with E-state index in [1.807, 2.05) is 0 Å². The highest BCUT2D eigenvalue weighted by molar-refractivity contribution is 5.11. The van der Waals surface area contributed by atoms with Crippen LogP contribution < -0.4 is 0 Å². The van der Waals surface area contributed by atoms with Crippen molar-refractivity contribution in [3.05, 3.63) is 0 Å². The molecule has 2 bridgehead atoms. The molecule has 3 nitrogen and oxygen atoms in total. The average molecular weight is 378 g/mol. The summed E-state index contributed by atoms with van der Waals surface area (Å²) in [5, 5.41) is 0. The number of piperidine rings is 2. The molecule has 0 radical (unpaired) electrons. The lowest BCUT2D eigenvalue weighted by Crippen LogP contribution is -2.72. The van der Waals surface area contributed by atoms with Gasteiger partial charge in [-0.25, -0.2) is 4.39 Å². The Balaban J connectivity index is 1.09. The van der Waals surface area contributed by atoms with Gasteiger partial charge in [-0.3, -0.25) is 9.80 Å². The Labute approximate surface area is 165 Å². The predicted molar refractivity (Wildman–Crippen MR) is 109 cm³/mol. The number of piperazine rings is 1. The Morgan fingerprint density at radius 1 is 0.963 bits per heavy atom. The van der Waals surface area contributed by atoms with Gasteiger partial charge in [0.25, 0.3) is 0 Å². The fourth-order valence-corrected chi connectivity index (χ4v) is 6.94. The monoisotopic (exact) mass is 377 g/mol. The van der Waals surface area contributed by atoms with Crippen LogP contribution in [-0.4, -0.2) is 77.8 Å². The van der Waals surface area contributed by atoms with Crippen molar-refractivity contribution in [1.29, 1.82) is 0 Å². The van der Waals surface area contributed by atoms with Gasteiger partial charge in [0.1, 0.15) is 5.67 Å². The highest BCUT2D eigenvalue weighted by Gasteiger charge is 2.59. The molecule has 0 amide bonds. The summed E-state index contributed by atoms with van der Waals surface area (Å²) in [5.41, 5.74) is 0.117. The number of fused-ring (bicyclic) bond motifs is 2. The second-order valence-electron chi connectivity index (χ2n) is 11.4. The van der Waals surface area contributed by atoms with Crippen molar-refractivity contribution in [2.75, 3.05) is 39.3 Å². The summed E-state index contributed by atoms with van der Waals surface area (Å²) >= 11 is 0. The normalized spacial score (nSPS) is 37.2. The molecule has 27 heavy (non-hydrogen) atoms. The van der Waals surface area contributed by atoms with Crippen LogP contribution in [-0.2, 0) is 0 Å². The molecule has 0 aromatic heterocycles. The van der Waals surface area contributed by atoms with Crippen molar-refractivity contribution in [1.82, 2.24) is 14.7 Å². The van der Waals surface area contributed by atoms with Gasteiger partial charge < -0.3 is 4.90 Å². The molecule has 2 unspecified atom stereocenters. The zero-order valence-corrected chi connectivity index (χ0v) is 17.9. The molecule has 0 aromatic rings. The lowest BCUT2D eigenvalue weighted by molar-refractivity contribution is -0.157. The summed E-state index contributed by atoms with van der Waals surface area (Å²) in [4.78, 5) is 7.81. The SMILES string of the molecule is CCC1(CN2CCC3(CC2)CC(F)(CN2C4CC2CN(C(C)C)C4)C3)CC1. The van der Waals surface area contributed by atoms with Crippen LogP contribution in [0.2, 0.25) is 0 Å². The van der Waals surface area contributed by atoms with Gasteiger partial charge in [0.05, 0.1) is 0 Å². The molecular formula is C23H40FN3. The predicted octanol–water partition coefficient (Wildman–Crippen LogP) is 3.93. The fourth-order valence-electron chi connectivity index (χ4n) is 6.94. The molecule has 0 aromatic carbocycles. The van der Waals surface area contributed by atoms with Gasteiger partial charge in [-0.1, -0.05) is 6.92 Å². The summed E-state index contributed by atoms with van der Waals surface area (Å²) in [5.74, 6) is 0. The summed E-state index contributed by atoms with van der Waals surface area (Å²) in [6, 6.07) is 1.89. The fraction of sp³-hybridized carbons (Fsp3) is 1.00. The topological polar surface area (TPSA) is 9.72 Å². The molecule has 0 N–H and O–H groups in total. The summed E-state index contributed by atoms with van der Waals surface area (Å²) in [6.45, 7) is 13.7. The third kappa shape index (κ3) is 3.38. The summed E-state index contributed by atoms with van der Waals surface area (Å²) in [6.07, 6.45) is 9.69. The van der Waals surface area contributed by atoms with Crippen LogP contribution in [0, 0.1) is 10.8 Å². The lowest BCUT2D eigenvalue weighted by atomic mass is 9.55. The maximum atomic E-state index is 15.5. The molecule has 5 aliphatic rings. The van der Waals surface area contributed by atoms with Gasteiger partial charge >= 0.3 is 0 Å². The number of hydrogen-bond donors (Lipinski definition) is 0. The molecule has 3 heterocycles. The van der Waals surface area contributed by atoms with E-state index < -0.39 is 5.67 Å². The molecular weight excluding hydrogens is 337 g/mol. The van der Waals surface area contributed by atoms with E-state index in [2.05, 4.69) is 35.5 Å². The smallest absolute Gasteiger partial charge is 0.124 e. The van der Waals surface area contributed by atoms with Crippen LogP contribution in [0.25, 0.3) is 0 Å². The Hall–Kier alpha value is -0.190. The van der Waals surface area contributed by atoms with E-state index in [4.69, 9.17) is 0 Å². The molecule has 5 rings (SSSR count). The third-order valence-corrected chi connectivity index (χ3v) is 9.14. The van der Waals surface area contributed by atoms with Crippen LogP contribution in [0.15, 0.2) is 0 Å². The molecule has 2 saturated carbocycles. The van der Waals surface area contributed by atoms with Crippen molar-refractivity contribution in [2.24, 2.45) is 10.8 Å². The number of halogens is 1. The Morgan fingerprint density at radius 2 is 1.59 bits per heavy atom. The standard InChI is InChI=1S/C23H40FN3/c1-4-21(5-6-21)16-25-9-7-22(8-10-25)14-23(24,15-22)17-27-19-11-20(27)13-26(12-19)18(2)3/h18-20H,4-17H2,1-3H3. The van der Waals surface area contributed by atoms with Gasteiger partial charge in [0.2, 0.25) is 0 Å². The van der Waals surface area contributed by atoms with Crippen LogP contribution in [0.5, 0.6) is 0 Å². The van der Waals surface area contributed by atoms with E-state index >= 15 is 4.39 Å². The van der Waals surface area contributed by atoms with Crippen LogP contribution in [0.1, 0.15) is 72.1 Å². The number of alkyl halides is 1. The van der Waals surface area contributed by atoms with Crippen molar-refractivity contribution in [2.45, 2.75) is 95.9 Å². The van der Waals surface area contributed by atoms with Crippen molar-refractivity contribution < 1.29 is 4.39 Å². The minimum absolute atomic E-state index is 0.345. The minimum atomic E-state index is -0.889. The molecule has 5 fully saturated rings. The van der Waals surface area contributed by atoms with Crippen molar-refractivity contribution >= 4 is 0 Å². The van der Waals surface area contributed by atoms with E-state index in [1.54, 1.807) is 0 Å². The quantitative estimate of drug-likeness (QED) is 0.694. The van der Waals surface area contributed by atoms with Gasteiger partial charge in [-0.15, -0.1) is 0 Å². The van der Waals surface area contributed by atoms with Gasteiger partial charge in [-0.05, 0) is 89.1 Å². The molecule has 154 valence electrons. The van der Waals surface area contributed by atoms with Gasteiger partial charge in [0.15, 0.2) is 0 Å². The van der Waals surface area contributed by atoms with E-state index in [0.29, 0.717) is 29.0 Å². The Morgan fingerprint density at radius 3 is 2.11 bits per heavy atom. The maximum Gasteiger partial charge on any atom is 0.124 e. The molecule has 2 aliphatic carbocycles. The first kappa shape index (κ1) is 18.8. The van der Waals surface area contributed by atoms with Crippen LogP contribution in [0.4, 0.5) is 4.39 Å². The van der Waals surface area contributed by atoms with Crippen LogP contribution >= 0.6 is 0 Å². The molecule has 4 heteroatoms. The Kier molecular flexibility index (Phi) is 4.46. The number of rotatable bonds is 6. The van der Waals surface area contributed by atoms with E-state index in [9.17, 15) is 0 Å². The first-order chi connectivity index (χ1) is 12.8. The number of likely N-dealkylation sites (tertiary alicyclic amines) is 3. The molecule has 1 spiro atoms. The maximum absolute atomic E-state index is 15.5.